The monoisotopic (exact) mass is 1270 g/mol. The molecule has 0 spiro atoms. The quantitative estimate of drug-likeness (QED) is 0.0230. The Hall–Kier alpha value is -3.96. The Morgan fingerprint density at radius 1 is 0.440 bits per heavy atom. The van der Waals surface area contributed by atoms with Gasteiger partial charge in [0.2, 0.25) is 0 Å². The van der Waals surface area contributed by atoms with E-state index in [2.05, 4.69) is 27.4 Å². The molecule has 15 atom stereocenters. The molecule has 0 unspecified atom stereocenters. The Morgan fingerprint density at radius 2 is 0.845 bits per heavy atom. The van der Waals surface area contributed by atoms with Gasteiger partial charge in [-0.25, -0.2) is 0 Å². The third kappa shape index (κ3) is 21.1. The summed E-state index contributed by atoms with van der Waals surface area (Å²) in [5.74, 6) is 0. The molecule has 0 bridgehead atoms. The van der Waals surface area contributed by atoms with Crippen molar-refractivity contribution in [1.82, 2.24) is 0 Å². The molecule has 8 rings (SSSR count). The summed E-state index contributed by atoms with van der Waals surface area (Å²) in [6.45, 7) is 13.0. The van der Waals surface area contributed by atoms with Crippen molar-refractivity contribution in [3.8, 4) is 0 Å². The minimum absolute atomic E-state index is 0.0508. The summed E-state index contributed by atoms with van der Waals surface area (Å²) in [6.07, 6.45) is -7.65. The molecule has 5 aromatic rings. The summed E-state index contributed by atoms with van der Waals surface area (Å²) >= 11 is -0.839. The topological polar surface area (TPSA) is 182 Å². The molecular weight excluding hydrogens is 1180 g/mol. The van der Waals surface area contributed by atoms with Crippen LogP contribution in [-0.2, 0) is 85.1 Å². The Kier molecular flexibility index (Phi) is 30.3. The zero-order valence-electron chi connectivity index (χ0n) is 49.7. The van der Waals surface area contributed by atoms with Crippen LogP contribution in [0.2, 0.25) is 13.3 Å². The van der Waals surface area contributed by atoms with Crippen molar-refractivity contribution in [3.05, 3.63) is 192 Å². The fourth-order valence-electron chi connectivity index (χ4n) is 10.6. The first-order chi connectivity index (χ1) is 41.1. The van der Waals surface area contributed by atoms with Gasteiger partial charge >= 0.3 is 92.4 Å². The van der Waals surface area contributed by atoms with E-state index in [1.54, 1.807) is 19.4 Å². The van der Waals surface area contributed by atoms with Crippen LogP contribution in [0.3, 0.4) is 0 Å². The third-order valence-electron chi connectivity index (χ3n) is 15.3. The molecule has 459 valence electrons. The van der Waals surface area contributed by atoms with Crippen LogP contribution in [0.1, 0.15) is 94.0 Å². The SMILES string of the molecule is C=CCO[C@@H]1O[C@H](COCc2ccccc2)[C@@H](O[C@@H]2O[C@@H](C)[C@@H](OCc3ccccc3)[C@@H](OCc3ccccc3)[C@@H]2OCc2ccccc2)[C@H](O[C@@H]2O[C@H](CO)[C@H](O)[C@H](O)[C@H]2O)[C@H]1OCc1ccccc1.CCC[CH2][Sn]([CH2]CCC)[CH2]CCC. The van der Waals surface area contributed by atoms with E-state index < -0.39 is 118 Å². The van der Waals surface area contributed by atoms with Gasteiger partial charge in [0.15, 0.2) is 18.9 Å². The average Bonchev–Trinajstić information content (AvgIpc) is 2.46. The minimum atomic E-state index is -1.78. The first kappa shape index (κ1) is 67.5. The van der Waals surface area contributed by atoms with E-state index >= 15 is 0 Å². The second kappa shape index (κ2) is 37.7. The summed E-state index contributed by atoms with van der Waals surface area (Å²) in [6, 6.07) is 48.5. The number of aliphatic hydroxyl groups is 4. The van der Waals surface area contributed by atoms with Crippen LogP contribution >= 0.6 is 0 Å². The van der Waals surface area contributed by atoms with Gasteiger partial charge in [-0.3, -0.25) is 0 Å². The van der Waals surface area contributed by atoms with Crippen molar-refractivity contribution in [1.29, 1.82) is 0 Å². The first-order valence-corrected chi connectivity index (χ1v) is 36.4. The number of unbranched alkanes of at least 4 members (excludes halogenated alkanes) is 3. The molecule has 3 aliphatic rings. The maximum atomic E-state index is 11.5. The van der Waals surface area contributed by atoms with E-state index in [4.69, 9.17) is 52.1 Å². The molecule has 0 saturated carbocycles. The van der Waals surface area contributed by atoms with Crippen LogP contribution in [0, 0.1) is 0 Å². The van der Waals surface area contributed by atoms with Crippen LogP contribution in [0.15, 0.2) is 164 Å². The average molecular weight is 1270 g/mol. The molecule has 0 amide bonds. The van der Waals surface area contributed by atoms with Crippen LogP contribution < -0.4 is 0 Å². The molecule has 1 radical (unpaired) electrons. The van der Waals surface area contributed by atoms with Gasteiger partial charge in [0, 0.05) is 0 Å². The van der Waals surface area contributed by atoms with Crippen molar-refractivity contribution < 1.29 is 72.5 Å². The second-order valence-electron chi connectivity index (χ2n) is 21.9. The molecule has 16 heteroatoms. The van der Waals surface area contributed by atoms with Crippen molar-refractivity contribution in [2.75, 3.05) is 19.8 Å². The zero-order chi connectivity index (χ0) is 59.3. The van der Waals surface area contributed by atoms with Crippen LogP contribution in [0.25, 0.3) is 0 Å². The van der Waals surface area contributed by atoms with E-state index in [-0.39, 0.29) is 46.2 Å². The summed E-state index contributed by atoms with van der Waals surface area (Å²) in [5.41, 5.74) is 4.52. The number of rotatable bonds is 33. The molecule has 3 heterocycles. The number of hydrogen-bond acceptors (Lipinski definition) is 15. The van der Waals surface area contributed by atoms with Gasteiger partial charge in [-0.05, 0) is 34.7 Å². The predicted octanol–water partition coefficient (Wildman–Crippen LogP) is 10.7. The normalized spacial score (nSPS) is 27.9. The Bertz CT molecular complexity index is 2470. The molecule has 0 aliphatic carbocycles. The van der Waals surface area contributed by atoms with Crippen molar-refractivity contribution in [2.45, 2.75) is 205 Å². The Morgan fingerprint density at radius 3 is 1.29 bits per heavy atom. The van der Waals surface area contributed by atoms with E-state index in [1.807, 2.05) is 159 Å². The fraction of sp³-hybridized carbons (Fsp3) is 0.529. The summed E-state index contributed by atoms with van der Waals surface area (Å²) < 4.78 is 78.8. The van der Waals surface area contributed by atoms with Crippen LogP contribution in [0.5, 0.6) is 0 Å². The molecule has 4 N–H and O–H groups in total. The number of hydrogen-bond donors (Lipinski definition) is 4. The van der Waals surface area contributed by atoms with E-state index in [9.17, 15) is 20.4 Å². The number of ether oxygens (including phenoxy) is 11. The van der Waals surface area contributed by atoms with E-state index in [0.29, 0.717) is 0 Å². The van der Waals surface area contributed by atoms with Gasteiger partial charge in [-0.2, -0.15) is 0 Å². The number of benzene rings is 5. The molecule has 3 aliphatic heterocycles. The summed E-state index contributed by atoms with van der Waals surface area (Å²) in [5, 5.41) is 43.6. The van der Waals surface area contributed by atoms with Gasteiger partial charge in [0.1, 0.15) is 67.1 Å². The predicted molar refractivity (Wildman–Crippen MR) is 324 cm³/mol. The Labute approximate surface area is 506 Å². The van der Waals surface area contributed by atoms with Gasteiger partial charge in [-0.15, -0.1) is 6.58 Å². The standard InChI is InChI=1S/C56H66O15.3C4H9.Sn/c1-3-29-62-55-53(66-35-42-27-17-8-18-28-42)51(71-54-47(60)46(59)45(58)43(30-57)68-54)49(44(69-55)36-61-31-38-19-9-4-10-20-38)70-56-52(65-34-41-25-15-7-16-26-41)50(64-33-40-23-13-6-14-24-40)48(37(2)67-56)63-32-39-21-11-5-12-22-39;3*1-3-4-2;/h3-28,37,43-60H,1,29-36H2,2H3;3*1,3-4H2,2H3;/t37-,43+,44+,45-,46-,47+,48+,49+,50+,51-,52-,53+,54-,55+,56-;;;;/m0..../s1. The second-order valence-corrected chi connectivity index (χ2v) is 30.4. The Balaban J connectivity index is 0.000000694. The molecule has 3 fully saturated rings. The molecule has 15 nitrogen and oxygen atoms in total. The van der Waals surface area contributed by atoms with Crippen LogP contribution in [-0.4, -0.2) is 152 Å². The maximum absolute atomic E-state index is 11.5. The fourth-order valence-corrected chi connectivity index (χ4v) is 20.0. The summed E-state index contributed by atoms with van der Waals surface area (Å²) in [4.78, 5) is 0. The van der Waals surface area contributed by atoms with E-state index in [0.717, 1.165) is 27.8 Å². The number of aliphatic hydroxyl groups excluding tert-OH is 4. The van der Waals surface area contributed by atoms with Crippen LogP contribution in [0.4, 0.5) is 0 Å². The zero-order valence-corrected chi connectivity index (χ0v) is 52.5. The molecule has 0 aromatic heterocycles. The van der Waals surface area contributed by atoms with E-state index in [1.165, 1.54) is 38.5 Å². The molecule has 5 aromatic carbocycles. The van der Waals surface area contributed by atoms with Gasteiger partial charge in [-0.1, -0.05) is 158 Å². The molecule has 3 saturated heterocycles. The molecular formula is C68H93O15Sn. The van der Waals surface area contributed by atoms with Gasteiger partial charge in [0.25, 0.3) is 0 Å². The first-order valence-electron chi connectivity index (χ1n) is 30.4. The van der Waals surface area contributed by atoms with Crippen molar-refractivity contribution >= 4 is 19.8 Å². The molecule has 84 heavy (non-hydrogen) atoms. The van der Waals surface area contributed by atoms with Gasteiger partial charge in [0.05, 0.1) is 59.0 Å². The third-order valence-corrected chi connectivity index (χ3v) is 24.4. The van der Waals surface area contributed by atoms with Gasteiger partial charge < -0.3 is 72.5 Å². The summed E-state index contributed by atoms with van der Waals surface area (Å²) in [7, 11) is 0. The van der Waals surface area contributed by atoms with Crippen molar-refractivity contribution in [2.24, 2.45) is 0 Å². The van der Waals surface area contributed by atoms with Crippen molar-refractivity contribution in [3.63, 3.8) is 0 Å².